The molecule has 0 N–H and O–H groups in total. The van der Waals surface area contributed by atoms with Crippen LogP contribution in [0, 0.1) is 23.7 Å². The molecule has 3 aromatic carbocycles. The van der Waals surface area contributed by atoms with Gasteiger partial charge < -0.3 is 14.0 Å². The standard InChI is InChI=1S/C28H20BrNO2/c1-31-26-11-5-8-21(19-26)7-3-4-10-24-17-18-28(22-9-6-12-27(20-22)32-2)30(24)25-15-13-23(29)14-16-25/h5-6,8-9,11-20H,1-2H3. The summed E-state index contributed by atoms with van der Waals surface area (Å²) in [6.07, 6.45) is 0. The smallest absolute Gasteiger partial charge is 0.120 e. The lowest BCUT2D eigenvalue weighted by Gasteiger charge is -2.12. The van der Waals surface area contributed by atoms with E-state index in [1.54, 1.807) is 14.2 Å². The summed E-state index contributed by atoms with van der Waals surface area (Å²) in [6.45, 7) is 0. The van der Waals surface area contributed by atoms with Crippen molar-refractivity contribution in [3.8, 4) is 52.1 Å². The van der Waals surface area contributed by atoms with Gasteiger partial charge in [-0.15, -0.1) is 0 Å². The summed E-state index contributed by atoms with van der Waals surface area (Å²) in [4.78, 5) is 0. The van der Waals surface area contributed by atoms with Gasteiger partial charge in [0.15, 0.2) is 0 Å². The zero-order valence-electron chi connectivity index (χ0n) is 17.7. The van der Waals surface area contributed by atoms with Crippen molar-refractivity contribution in [3.05, 3.63) is 101 Å². The van der Waals surface area contributed by atoms with Crippen molar-refractivity contribution in [2.75, 3.05) is 14.2 Å². The van der Waals surface area contributed by atoms with E-state index in [1.807, 2.05) is 60.7 Å². The van der Waals surface area contributed by atoms with E-state index in [0.29, 0.717) is 0 Å². The Bertz CT molecular complexity index is 1360. The maximum Gasteiger partial charge on any atom is 0.120 e. The Hall–Kier alpha value is -3.86. The molecule has 0 bridgehead atoms. The van der Waals surface area contributed by atoms with E-state index in [4.69, 9.17) is 9.47 Å². The molecular weight excluding hydrogens is 462 g/mol. The Morgan fingerprint density at radius 3 is 2.16 bits per heavy atom. The van der Waals surface area contributed by atoms with Crippen LogP contribution in [0.3, 0.4) is 0 Å². The van der Waals surface area contributed by atoms with Gasteiger partial charge in [-0.05, 0) is 84.5 Å². The number of hydrogen-bond acceptors (Lipinski definition) is 2. The van der Waals surface area contributed by atoms with Gasteiger partial charge >= 0.3 is 0 Å². The monoisotopic (exact) mass is 481 g/mol. The third kappa shape index (κ3) is 4.89. The zero-order valence-corrected chi connectivity index (χ0v) is 19.3. The predicted molar refractivity (Wildman–Crippen MR) is 132 cm³/mol. The second-order valence-electron chi connectivity index (χ2n) is 6.88. The first kappa shape index (κ1) is 21.4. The average molecular weight is 482 g/mol. The number of nitrogens with zero attached hydrogens (tertiary/aromatic N) is 1. The summed E-state index contributed by atoms with van der Waals surface area (Å²) >= 11 is 3.51. The van der Waals surface area contributed by atoms with Crippen molar-refractivity contribution in [2.45, 2.75) is 0 Å². The van der Waals surface area contributed by atoms with E-state index in [2.05, 4.69) is 68.4 Å². The molecule has 4 heteroatoms. The van der Waals surface area contributed by atoms with Crippen molar-refractivity contribution in [3.63, 3.8) is 0 Å². The number of rotatable bonds is 4. The zero-order chi connectivity index (χ0) is 22.3. The second-order valence-corrected chi connectivity index (χ2v) is 7.80. The summed E-state index contributed by atoms with van der Waals surface area (Å²) in [6, 6.07) is 27.9. The van der Waals surface area contributed by atoms with E-state index in [-0.39, 0.29) is 0 Å². The highest BCUT2D eigenvalue weighted by Crippen LogP contribution is 2.29. The third-order valence-electron chi connectivity index (χ3n) is 4.86. The number of benzene rings is 3. The Morgan fingerprint density at radius 2 is 1.41 bits per heavy atom. The lowest BCUT2D eigenvalue weighted by Crippen LogP contribution is -1.99. The normalized spacial score (nSPS) is 9.84. The summed E-state index contributed by atoms with van der Waals surface area (Å²) in [5.41, 5.74) is 4.80. The SMILES string of the molecule is COc1cccc(C#CC#Cc2ccc(-c3cccc(OC)c3)n2-c2ccc(Br)cc2)c1. The third-order valence-corrected chi connectivity index (χ3v) is 5.39. The van der Waals surface area contributed by atoms with Gasteiger partial charge in [-0.3, -0.25) is 0 Å². The van der Waals surface area contributed by atoms with Crippen LogP contribution in [0.25, 0.3) is 16.9 Å². The van der Waals surface area contributed by atoms with Gasteiger partial charge in [0.25, 0.3) is 0 Å². The fraction of sp³-hybridized carbons (Fsp3) is 0.0714. The molecule has 0 saturated heterocycles. The maximum atomic E-state index is 5.41. The van der Waals surface area contributed by atoms with Crippen molar-refractivity contribution in [1.82, 2.24) is 4.57 Å². The molecule has 1 heterocycles. The van der Waals surface area contributed by atoms with Crippen molar-refractivity contribution in [1.29, 1.82) is 0 Å². The molecule has 0 atom stereocenters. The molecule has 4 aromatic rings. The van der Waals surface area contributed by atoms with Crippen LogP contribution < -0.4 is 9.47 Å². The molecule has 3 nitrogen and oxygen atoms in total. The molecule has 0 aliphatic heterocycles. The molecule has 0 fully saturated rings. The molecule has 0 amide bonds. The summed E-state index contributed by atoms with van der Waals surface area (Å²) in [7, 11) is 3.31. The lowest BCUT2D eigenvalue weighted by molar-refractivity contribution is 0.414. The fourth-order valence-electron chi connectivity index (χ4n) is 3.31. The van der Waals surface area contributed by atoms with Gasteiger partial charge in [0.05, 0.1) is 25.6 Å². The van der Waals surface area contributed by atoms with Crippen LogP contribution in [0.5, 0.6) is 11.5 Å². The van der Waals surface area contributed by atoms with Crippen LogP contribution in [0.15, 0.2) is 89.4 Å². The average Bonchev–Trinajstić information content (AvgIpc) is 3.26. The van der Waals surface area contributed by atoms with E-state index >= 15 is 0 Å². The molecule has 0 aliphatic rings. The van der Waals surface area contributed by atoms with E-state index in [0.717, 1.165) is 44.2 Å². The first-order valence-corrected chi connectivity index (χ1v) is 10.8. The lowest BCUT2D eigenvalue weighted by atomic mass is 10.1. The summed E-state index contributed by atoms with van der Waals surface area (Å²) in [5, 5.41) is 0. The van der Waals surface area contributed by atoms with Gasteiger partial charge in [-0.2, -0.15) is 0 Å². The van der Waals surface area contributed by atoms with Gasteiger partial charge in [0, 0.05) is 21.3 Å². The number of halogens is 1. The van der Waals surface area contributed by atoms with Crippen molar-refractivity contribution < 1.29 is 9.47 Å². The molecule has 0 saturated carbocycles. The topological polar surface area (TPSA) is 23.4 Å². The first-order chi connectivity index (χ1) is 15.7. The molecule has 0 spiro atoms. The van der Waals surface area contributed by atoms with Gasteiger partial charge in [-0.25, -0.2) is 0 Å². The van der Waals surface area contributed by atoms with E-state index in [1.165, 1.54) is 0 Å². The Kier molecular flexibility index (Phi) is 6.66. The van der Waals surface area contributed by atoms with E-state index < -0.39 is 0 Å². The molecule has 4 rings (SSSR count). The largest absolute Gasteiger partial charge is 0.497 e. The van der Waals surface area contributed by atoms with Gasteiger partial charge in [0.2, 0.25) is 0 Å². The molecule has 32 heavy (non-hydrogen) atoms. The van der Waals surface area contributed by atoms with Crippen LogP contribution in [-0.2, 0) is 0 Å². The second kappa shape index (κ2) is 9.96. The molecular formula is C28H20BrNO2. The van der Waals surface area contributed by atoms with Crippen molar-refractivity contribution >= 4 is 15.9 Å². The van der Waals surface area contributed by atoms with Crippen LogP contribution in [0.4, 0.5) is 0 Å². The van der Waals surface area contributed by atoms with Gasteiger partial charge in [-0.1, -0.05) is 40.0 Å². The number of aromatic nitrogens is 1. The summed E-state index contributed by atoms with van der Waals surface area (Å²) in [5.74, 6) is 13.8. The van der Waals surface area contributed by atoms with Crippen LogP contribution in [-0.4, -0.2) is 18.8 Å². The minimum atomic E-state index is 0.775. The van der Waals surface area contributed by atoms with Crippen LogP contribution in [0.1, 0.15) is 11.3 Å². The quantitative estimate of drug-likeness (QED) is 0.318. The highest BCUT2D eigenvalue weighted by Gasteiger charge is 2.11. The van der Waals surface area contributed by atoms with E-state index in [9.17, 15) is 0 Å². The molecule has 156 valence electrons. The van der Waals surface area contributed by atoms with Crippen LogP contribution in [0.2, 0.25) is 0 Å². The highest BCUT2D eigenvalue weighted by atomic mass is 79.9. The molecule has 1 aromatic heterocycles. The van der Waals surface area contributed by atoms with Crippen molar-refractivity contribution in [2.24, 2.45) is 0 Å². The minimum Gasteiger partial charge on any atom is -0.497 e. The number of ether oxygens (including phenoxy) is 2. The predicted octanol–water partition coefficient (Wildman–Crippen LogP) is 6.33. The minimum absolute atomic E-state index is 0.775. The summed E-state index contributed by atoms with van der Waals surface area (Å²) < 4.78 is 13.8. The Balaban J connectivity index is 1.75. The first-order valence-electron chi connectivity index (χ1n) is 9.96. The fourth-order valence-corrected chi connectivity index (χ4v) is 3.57. The Labute approximate surface area is 196 Å². The van der Waals surface area contributed by atoms with Gasteiger partial charge in [0.1, 0.15) is 11.5 Å². The Morgan fingerprint density at radius 1 is 0.719 bits per heavy atom. The molecule has 0 unspecified atom stereocenters. The molecule has 0 radical (unpaired) electrons. The molecule has 0 aliphatic carbocycles. The highest BCUT2D eigenvalue weighted by molar-refractivity contribution is 9.10. The number of hydrogen-bond donors (Lipinski definition) is 0. The maximum absolute atomic E-state index is 5.41. The number of methoxy groups -OCH3 is 2. The van der Waals surface area contributed by atoms with Crippen LogP contribution >= 0.6 is 15.9 Å².